The predicted molar refractivity (Wildman–Crippen MR) is 74.3 cm³/mol. The van der Waals surface area contributed by atoms with Crippen LogP contribution in [-0.4, -0.2) is 15.1 Å². The Morgan fingerprint density at radius 1 is 1.10 bits per heavy atom. The molecule has 0 unspecified atom stereocenters. The number of hydrogen-bond acceptors (Lipinski definition) is 4. The number of hydrogen-bond donors (Lipinski definition) is 1. The predicted octanol–water partition coefficient (Wildman–Crippen LogP) is 3.91. The molecule has 3 rings (SSSR count). The highest BCUT2D eigenvalue weighted by atomic mass is 35.5. The standard InChI is InChI=1S/C13H6Cl2N4O/c14-9-1-7(2-10(15)4-9)12-18-13(20-19-12)8-3-11(5-16)17-6-8/h1-4,6,17H. The fourth-order valence-corrected chi connectivity index (χ4v) is 2.25. The second-order valence-corrected chi connectivity index (χ2v) is 4.87. The summed E-state index contributed by atoms with van der Waals surface area (Å²) in [5, 5.41) is 13.6. The quantitative estimate of drug-likeness (QED) is 0.778. The molecule has 0 amide bonds. The number of nitrogens with zero attached hydrogens (tertiary/aromatic N) is 3. The van der Waals surface area contributed by atoms with Crippen LogP contribution in [0.1, 0.15) is 5.69 Å². The van der Waals surface area contributed by atoms with Gasteiger partial charge >= 0.3 is 0 Å². The monoisotopic (exact) mass is 304 g/mol. The average molecular weight is 305 g/mol. The number of benzene rings is 1. The van der Waals surface area contributed by atoms with Gasteiger partial charge in [0.15, 0.2) is 0 Å². The lowest BCUT2D eigenvalue weighted by Crippen LogP contribution is -1.81. The summed E-state index contributed by atoms with van der Waals surface area (Å²) in [6, 6.07) is 8.63. The molecule has 1 aromatic carbocycles. The summed E-state index contributed by atoms with van der Waals surface area (Å²) in [6.45, 7) is 0. The highest BCUT2D eigenvalue weighted by Crippen LogP contribution is 2.27. The van der Waals surface area contributed by atoms with E-state index in [0.29, 0.717) is 38.6 Å². The van der Waals surface area contributed by atoms with Crippen molar-refractivity contribution in [1.29, 1.82) is 5.26 Å². The van der Waals surface area contributed by atoms with Crippen molar-refractivity contribution in [3.8, 4) is 28.9 Å². The lowest BCUT2D eigenvalue weighted by Gasteiger charge is -1.96. The fourth-order valence-electron chi connectivity index (χ4n) is 1.72. The van der Waals surface area contributed by atoms with Crippen molar-refractivity contribution < 1.29 is 4.52 Å². The molecule has 0 bridgehead atoms. The Hall–Kier alpha value is -2.29. The summed E-state index contributed by atoms with van der Waals surface area (Å²) in [5.74, 6) is 0.693. The summed E-state index contributed by atoms with van der Waals surface area (Å²) in [6.07, 6.45) is 1.63. The molecule has 0 radical (unpaired) electrons. The minimum absolute atomic E-state index is 0.314. The number of rotatable bonds is 2. The lowest BCUT2D eigenvalue weighted by atomic mass is 10.2. The minimum Gasteiger partial charge on any atom is -0.352 e. The Labute approximate surface area is 123 Å². The van der Waals surface area contributed by atoms with E-state index in [1.807, 2.05) is 6.07 Å². The zero-order chi connectivity index (χ0) is 14.1. The van der Waals surface area contributed by atoms with Crippen molar-refractivity contribution >= 4 is 23.2 Å². The first-order chi connectivity index (χ1) is 9.65. The molecule has 2 aromatic heterocycles. The van der Waals surface area contributed by atoms with Crippen LogP contribution in [0.4, 0.5) is 0 Å². The van der Waals surface area contributed by atoms with Crippen LogP contribution in [0, 0.1) is 11.3 Å². The van der Waals surface area contributed by atoms with Gasteiger partial charge in [-0.2, -0.15) is 10.2 Å². The zero-order valence-corrected chi connectivity index (χ0v) is 11.4. The molecule has 3 aromatic rings. The van der Waals surface area contributed by atoms with E-state index < -0.39 is 0 Å². The molecule has 98 valence electrons. The first-order valence-electron chi connectivity index (χ1n) is 5.55. The van der Waals surface area contributed by atoms with Crippen molar-refractivity contribution in [2.24, 2.45) is 0 Å². The number of halogens is 2. The van der Waals surface area contributed by atoms with Gasteiger partial charge in [0.2, 0.25) is 5.82 Å². The number of nitriles is 1. The third-order valence-electron chi connectivity index (χ3n) is 2.60. The van der Waals surface area contributed by atoms with Crippen molar-refractivity contribution in [3.63, 3.8) is 0 Å². The third-order valence-corrected chi connectivity index (χ3v) is 3.03. The second-order valence-electron chi connectivity index (χ2n) is 4.00. The van der Waals surface area contributed by atoms with E-state index >= 15 is 0 Å². The normalized spacial score (nSPS) is 10.4. The molecule has 2 heterocycles. The number of aromatic nitrogens is 3. The van der Waals surface area contributed by atoms with Crippen LogP contribution in [0.2, 0.25) is 10.0 Å². The number of nitrogens with one attached hydrogen (secondary N) is 1. The highest BCUT2D eigenvalue weighted by Gasteiger charge is 2.13. The minimum atomic E-state index is 0.314. The Morgan fingerprint density at radius 2 is 1.85 bits per heavy atom. The Kier molecular flexibility index (Phi) is 3.18. The first kappa shape index (κ1) is 12.7. The molecule has 0 saturated carbocycles. The van der Waals surface area contributed by atoms with Gasteiger partial charge in [0.05, 0.1) is 5.56 Å². The Bertz CT molecular complexity index is 796. The van der Waals surface area contributed by atoms with Gasteiger partial charge in [-0.25, -0.2) is 0 Å². The van der Waals surface area contributed by atoms with Gasteiger partial charge in [0.25, 0.3) is 5.89 Å². The SMILES string of the molecule is N#Cc1cc(-c2nc(-c3cc(Cl)cc(Cl)c3)no2)c[nH]1. The van der Waals surface area contributed by atoms with Gasteiger partial charge in [0, 0.05) is 21.8 Å². The van der Waals surface area contributed by atoms with Crippen LogP contribution < -0.4 is 0 Å². The van der Waals surface area contributed by atoms with Crippen LogP contribution >= 0.6 is 23.2 Å². The van der Waals surface area contributed by atoms with Gasteiger partial charge < -0.3 is 9.51 Å². The van der Waals surface area contributed by atoms with E-state index in [0.717, 1.165) is 0 Å². The van der Waals surface area contributed by atoms with Crippen molar-refractivity contribution in [1.82, 2.24) is 15.1 Å². The first-order valence-corrected chi connectivity index (χ1v) is 6.30. The summed E-state index contributed by atoms with van der Waals surface area (Å²) >= 11 is 11.9. The van der Waals surface area contributed by atoms with Crippen molar-refractivity contribution in [2.75, 3.05) is 0 Å². The van der Waals surface area contributed by atoms with Gasteiger partial charge in [-0.1, -0.05) is 28.4 Å². The van der Waals surface area contributed by atoms with E-state index in [2.05, 4.69) is 15.1 Å². The molecule has 0 fully saturated rings. The van der Waals surface area contributed by atoms with Crippen LogP contribution in [0.5, 0.6) is 0 Å². The average Bonchev–Trinajstić information content (AvgIpc) is 3.06. The maximum atomic E-state index is 8.76. The topological polar surface area (TPSA) is 78.5 Å². The molecule has 0 saturated heterocycles. The molecule has 0 atom stereocenters. The Balaban J connectivity index is 1.99. The van der Waals surface area contributed by atoms with Crippen molar-refractivity contribution in [2.45, 2.75) is 0 Å². The molecule has 20 heavy (non-hydrogen) atoms. The summed E-state index contributed by atoms with van der Waals surface area (Å²) in [4.78, 5) is 7.05. The molecule has 1 N–H and O–H groups in total. The van der Waals surface area contributed by atoms with Crippen LogP contribution in [0.15, 0.2) is 35.0 Å². The molecular weight excluding hydrogens is 299 g/mol. The molecule has 0 aliphatic rings. The number of aromatic amines is 1. The van der Waals surface area contributed by atoms with E-state index in [-0.39, 0.29) is 0 Å². The van der Waals surface area contributed by atoms with Gasteiger partial charge in [-0.3, -0.25) is 0 Å². The van der Waals surface area contributed by atoms with Crippen LogP contribution in [-0.2, 0) is 0 Å². The van der Waals surface area contributed by atoms with Gasteiger partial charge in [-0.05, 0) is 24.3 Å². The van der Waals surface area contributed by atoms with E-state index in [4.69, 9.17) is 33.0 Å². The maximum absolute atomic E-state index is 8.76. The fraction of sp³-hybridized carbons (Fsp3) is 0. The maximum Gasteiger partial charge on any atom is 0.259 e. The summed E-state index contributed by atoms with van der Waals surface area (Å²) in [7, 11) is 0. The highest BCUT2D eigenvalue weighted by molar-refractivity contribution is 6.35. The molecular formula is C13H6Cl2N4O. The van der Waals surface area contributed by atoms with Crippen molar-refractivity contribution in [3.05, 3.63) is 46.2 Å². The van der Waals surface area contributed by atoms with E-state index in [1.165, 1.54) is 0 Å². The lowest BCUT2D eigenvalue weighted by molar-refractivity contribution is 0.432. The van der Waals surface area contributed by atoms with Gasteiger partial charge in [-0.15, -0.1) is 0 Å². The Morgan fingerprint density at radius 3 is 2.50 bits per heavy atom. The molecule has 7 heteroatoms. The summed E-state index contributed by atoms with van der Waals surface area (Å²) in [5.41, 5.74) is 1.73. The largest absolute Gasteiger partial charge is 0.352 e. The zero-order valence-electron chi connectivity index (χ0n) is 9.89. The molecule has 5 nitrogen and oxygen atoms in total. The third kappa shape index (κ3) is 2.39. The molecule has 0 aliphatic carbocycles. The molecule has 0 spiro atoms. The number of H-pyrrole nitrogens is 1. The molecule has 0 aliphatic heterocycles. The second kappa shape index (κ2) is 5.00. The van der Waals surface area contributed by atoms with Crippen LogP contribution in [0.3, 0.4) is 0 Å². The van der Waals surface area contributed by atoms with Crippen LogP contribution in [0.25, 0.3) is 22.8 Å². The van der Waals surface area contributed by atoms with Gasteiger partial charge in [0.1, 0.15) is 11.8 Å². The van der Waals surface area contributed by atoms with E-state index in [1.54, 1.807) is 30.5 Å². The summed E-state index contributed by atoms with van der Waals surface area (Å²) < 4.78 is 5.17. The smallest absolute Gasteiger partial charge is 0.259 e. The van der Waals surface area contributed by atoms with E-state index in [9.17, 15) is 0 Å².